The Morgan fingerprint density at radius 2 is 1.71 bits per heavy atom. The minimum Gasteiger partial charge on any atom is -0.508 e. The smallest absolute Gasteiger partial charge is 0.269 e. The van der Waals surface area contributed by atoms with Crippen molar-refractivity contribution in [3.63, 3.8) is 0 Å². The Morgan fingerprint density at radius 1 is 1.04 bits per heavy atom. The zero-order valence-electron chi connectivity index (χ0n) is 15.1. The normalized spacial score (nSPS) is 11.4. The molecule has 1 unspecified atom stereocenters. The maximum Gasteiger partial charge on any atom is 0.269 e. The first-order valence-electron chi connectivity index (χ1n) is 8.36. The second-order valence-electron chi connectivity index (χ2n) is 5.78. The van der Waals surface area contributed by atoms with Crippen LogP contribution in [0.2, 0.25) is 5.02 Å². The van der Waals surface area contributed by atoms with Crippen molar-refractivity contribution in [2.45, 2.75) is 12.5 Å². The lowest BCUT2D eigenvalue weighted by atomic mass is 10.1. The molecule has 0 spiro atoms. The average Bonchev–Trinajstić information content (AvgIpc) is 2.69. The maximum absolute atomic E-state index is 12.5. The number of nitrogens with one attached hydrogen (secondary N) is 3. The molecule has 0 bridgehead atoms. The molecular weight excluding hydrogens is 402 g/mol. The fraction of sp³-hybridized carbons (Fsp3) is 0.211. The second kappa shape index (κ2) is 10.6. The molecule has 0 aliphatic heterocycles. The first-order valence-corrected chi connectivity index (χ1v) is 10.1. The van der Waals surface area contributed by atoms with Crippen molar-refractivity contribution in [3.05, 3.63) is 64.7 Å². The molecule has 7 nitrogen and oxygen atoms in total. The van der Waals surface area contributed by atoms with Gasteiger partial charge < -0.3 is 10.4 Å². The topological polar surface area (TPSA) is 108 Å². The van der Waals surface area contributed by atoms with Gasteiger partial charge in [-0.2, -0.15) is 11.8 Å². The quantitative estimate of drug-likeness (QED) is 0.513. The van der Waals surface area contributed by atoms with Crippen LogP contribution in [0, 0.1) is 0 Å². The van der Waals surface area contributed by atoms with Gasteiger partial charge in [0.15, 0.2) is 0 Å². The van der Waals surface area contributed by atoms with Crippen molar-refractivity contribution in [1.29, 1.82) is 0 Å². The highest BCUT2D eigenvalue weighted by Crippen LogP contribution is 2.15. The Bertz CT molecular complexity index is 845. The Balaban J connectivity index is 2.00. The molecule has 2 aromatic rings. The monoisotopic (exact) mass is 421 g/mol. The summed E-state index contributed by atoms with van der Waals surface area (Å²) in [6.45, 7) is 0. The van der Waals surface area contributed by atoms with E-state index in [2.05, 4.69) is 16.2 Å². The lowest BCUT2D eigenvalue weighted by molar-refractivity contribution is -0.123. The number of hydrogen-bond donors (Lipinski definition) is 4. The van der Waals surface area contributed by atoms with Crippen LogP contribution in [0.15, 0.2) is 48.5 Å². The number of aromatic hydroxyl groups is 1. The van der Waals surface area contributed by atoms with E-state index in [4.69, 9.17) is 11.6 Å². The van der Waals surface area contributed by atoms with Gasteiger partial charge in [0.1, 0.15) is 11.8 Å². The van der Waals surface area contributed by atoms with Crippen molar-refractivity contribution in [2.75, 3.05) is 12.0 Å². The van der Waals surface area contributed by atoms with Crippen LogP contribution in [0.4, 0.5) is 0 Å². The van der Waals surface area contributed by atoms with E-state index in [1.807, 2.05) is 6.26 Å². The number of rotatable bonds is 7. The van der Waals surface area contributed by atoms with Gasteiger partial charge in [-0.25, -0.2) is 0 Å². The van der Waals surface area contributed by atoms with Gasteiger partial charge in [-0.1, -0.05) is 23.7 Å². The molecule has 0 fully saturated rings. The van der Waals surface area contributed by atoms with Gasteiger partial charge in [0.25, 0.3) is 17.7 Å². The molecule has 4 N–H and O–H groups in total. The molecule has 0 aliphatic carbocycles. The van der Waals surface area contributed by atoms with E-state index < -0.39 is 23.8 Å². The highest BCUT2D eigenvalue weighted by Gasteiger charge is 2.22. The first kappa shape index (κ1) is 21.6. The summed E-state index contributed by atoms with van der Waals surface area (Å²) < 4.78 is 0. The van der Waals surface area contributed by atoms with Crippen LogP contribution in [0.25, 0.3) is 0 Å². The van der Waals surface area contributed by atoms with E-state index in [0.717, 1.165) is 0 Å². The van der Waals surface area contributed by atoms with E-state index in [-0.39, 0.29) is 21.9 Å². The number of thioether (sulfide) groups is 1. The third-order valence-electron chi connectivity index (χ3n) is 3.78. The zero-order chi connectivity index (χ0) is 20.5. The molecule has 0 aromatic heterocycles. The van der Waals surface area contributed by atoms with Crippen molar-refractivity contribution < 1.29 is 19.5 Å². The van der Waals surface area contributed by atoms with Crippen LogP contribution in [-0.2, 0) is 4.79 Å². The predicted octanol–water partition coefficient (Wildman–Crippen LogP) is 2.36. The van der Waals surface area contributed by atoms with Gasteiger partial charge in [-0.15, -0.1) is 0 Å². The van der Waals surface area contributed by atoms with Crippen LogP contribution in [-0.4, -0.2) is 40.9 Å². The summed E-state index contributed by atoms with van der Waals surface area (Å²) in [5.41, 5.74) is 5.14. The summed E-state index contributed by atoms with van der Waals surface area (Å²) in [7, 11) is 0. The molecule has 0 radical (unpaired) electrons. The van der Waals surface area contributed by atoms with Crippen LogP contribution in [0.3, 0.4) is 0 Å². The van der Waals surface area contributed by atoms with Crippen LogP contribution in [0.5, 0.6) is 5.75 Å². The summed E-state index contributed by atoms with van der Waals surface area (Å²) in [4.78, 5) is 37.0. The summed E-state index contributed by atoms with van der Waals surface area (Å²) in [6.07, 6.45) is 2.26. The highest BCUT2D eigenvalue weighted by molar-refractivity contribution is 7.98. The molecule has 0 aliphatic rings. The number of phenols is 1. The van der Waals surface area contributed by atoms with E-state index >= 15 is 0 Å². The van der Waals surface area contributed by atoms with Crippen molar-refractivity contribution >= 4 is 41.1 Å². The van der Waals surface area contributed by atoms with Gasteiger partial charge in [0.05, 0.1) is 10.6 Å². The largest absolute Gasteiger partial charge is 0.508 e. The number of carbonyl (C=O) groups excluding carboxylic acids is 3. The molecule has 0 saturated heterocycles. The lowest BCUT2D eigenvalue weighted by Crippen LogP contribution is -2.52. The standard InChI is InChI=1S/C19H20ClN3O4S/c1-28-11-10-16(21-18(26)14-4-2-3-5-15(14)20)19(27)23-22-17(25)12-6-8-13(24)9-7-12/h2-9,16,24H,10-11H2,1H3,(H,21,26)(H,22,25)(H,23,27). The van der Waals surface area contributed by atoms with Crippen molar-refractivity contribution in [2.24, 2.45) is 0 Å². The Hall–Kier alpha value is -2.71. The summed E-state index contributed by atoms with van der Waals surface area (Å²) >= 11 is 7.56. The molecule has 2 rings (SSSR count). The Morgan fingerprint density at radius 3 is 2.36 bits per heavy atom. The number of amides is 3. The van der Waals surface area contributed by atoms with Crippen molar-refractivity contribution in [1.82, 2.24) is 16.2 Å². The molecule has 28 heavy (non-hydrogen) atoms. The van der Waals surface area contributed by atoms with E-state index in [0.29, 0.717) is 12.2 Å². The first-order chi connectivity index (χ1) is 13.4. The number of phenolic OH excluding ortho intramolecular Hbond substituents is 1. The molecule has 2 aromatic carbocycles. The third-order valence-corrected chi connectivity index (χ3v) is 4.75. The lowest BCUT2D eigenvalue weighted by Gasteiger charge is -2.19. The molecular formula is C19H20ClN3O4S. The van der Waals surface area contributed by atoms with Gasteiger partial charge in [0, 0.05) is 5.56 Å². The molecule has 1 atom stereocenters. The molecule has 148 valence electrons. The van der Waals surface area contributed by atoms with Gasteiger partial charge in [0.2, 0.25) is 0 Å². The fourth-order valence-corrected chi connectivity index (χ4v) is 2.97. The Kier molecular flexibility index (Phi) is 8.16. The van der Waals surface area contributed by atoms with Crippen LogP contribution in [0.1, 0.15) is 27.1 Å². The minimum atomic E-state index is -0.851. The number of benzene rings is 2. The van der Waals surface area contributed by atoms with E-state index in [9.17, 15) is 19.5 Å². The second-order valence-corrected chi connectivity index (χ2v) is 7.17. The number of hydrogen-bond acceptors (Lipinski definition) is 5. The number of carbonyl (C=O) groups is 3. The number of halogens is 1. The maximum atomic E-state index is 12.5. The Labute approximate surface area is 171 Å². The molecule has 9 heteroatoms. The molecule has 0 saturated carbocycles. The zero-order valence-corrected chi connectivity index (χ0v) is 16.6. The van der Waals surface area contributed by atoms with E-state index in [1.54, 1.807) is 24.3 Å². The molecule has 0 heterocycles. The summed E-state index contributed by atoms with van der Waals surface area (Å²) in [5, 5.41) is 12.2. The van der Waals surface area contributed by atoms with Gasteiger partial charge >= 0.3 is 0 Å². The predicted molar refractivity (Wildman–Crippen MR) is 109 cm³/mol. The van der Waals surface area contributed by atoms with Crippen LogP contribution >= 0.6 is 23.4 Å². The molecule has 3 amide bonds. The average molecular weight is 422 g/mol. The fourth-order valence-electron chi connectivity index (χ4n) is 2.28. The van der Waals surface area contributed by atoms with Crippen molar-refractivity contribution in [3.8, 4) is 5.75 Å². The third kappa shape index (κ3) is 6.17. The van der Waals surface area contributed by atoms with Gasteiger partial charge in [-0.3, -0.25) is 25.2 Å². The SMILES string of the molecule is CSCCC(NC(=O)c1ccccc1Cl)C(=O)NNC(=O)c1ccc(O)cc1. The minimum absolute atomic E-state index is 0.0278. The summed E-state index contributed by atoms with van der Waals surface area (Å²) in [5.74, 6) is -0.917. The van der Waals surface area contributed by atoms with Crippen LogP contribution < -0.4 is 16.2 Å². The van der Waals surface area contributed by atoms with Gasteiger partial charge in [-0.05, 0) is 54.8 Å². The number of hydrazine groups is 1. The summed E-state index contributed by atoms with van der Waals surface area (Å²) in [6, 6.07) is 11.2. The van der Waals surface area contributed by atoms with E-state index in [1.165, 1.54) is 36.0 Å². The highest BCUT2D eigenvalue weighted by atomic mass is 35.5.